The van der Waals surface area contributed by atoms with Crippen LogP contribution < -0.4 is 0 Å². The third-order valence-corrected chi connectivity index (χ3v) is 13.4. The number of hydrogen-bond acceptors (Lipinski definition) is 5. The van der Waals surface area contributed by atoms with Gasteiger partial charge in [-0.2, -0.15) is 0 Å². The van der Waals surface area contributed by atoms with Gasteiger partial charge in [-0.05, 0) is 96.7 Å². The second kappa shape index (κ2) is 8.57. The van der Waals surface area contributed by atoms with E-state index >= 15 is 0 Å². The molecule has 0 amide bonds. The fourth-order valence-corrected chi connectivity index (χ4v) is 11.3. The average molecular weight is 529 g/mol. The van der Waals surface area contributed by atoms with Crippen molar-refractivity contribution in [3.63, 3.8) is 0 Å². The van der Waals surface area contributed by atoms with E-state index in [1.54, 1.807) is 7.11 Å². The Morgan fingerprint density at radius 3 is 2.24 bits per heavy atom. The van der Waals surface area contributed by atoms with Gasteiger partial charge < -0.3 is 14.6 Å². The number of hydrogen-bond donors (Lipinski definition) is 1. The largest absolute Gasteiger partial charge is 0.469 e. The van der Waals surface area contributed by atoms with E-state index in [1.807, 2.05) is 0 Å². The Morgan fingerprint density at radius 2 is 1.61 bits per heavy atom. The molecule has 0 saturated heterocycles. The zero-order chi connectivity index (χ0) is 28.1. The minimum atomic E-state index is -0.424. The first kappa shape index (κ1) is 28.2. The van der Waals surface area contributed by atoms with Gasteiger partial charge in [-0.3, -0.25) is 9.59 Å². The van der Waals surface area contributed by atoms with E-state index in [9.17, 15) is 14.7 Å². The smallest absolute Gasteiger partial charge is 0.312 e. The highest BCUT2D eigenvalue weighted by Gasteiger charge is 2.71. The van der Waals surface area contributed by atoms with E-state index < -0.39 is 11.5 Å². The first-order valence-corrected chi connectivity index (χ1v) is 15.1. The van der Waals surface area contributed by atoms with E-state index in [0.29, 0.717) is 5.92 Å². The quantitative estimate of drug-likeness (QED) is 0.313. The number of fused-ring (bicyclic) bond motifs is 7. The summed E-state index contributed by atoms with van der Waals surface area (Å²) >= 11 is 0. The number of esters is 2. The van der Waals surface area contributed by atoms with Crippen LogP contribution in [-0.4, -0.2) is 36.4 Å². The second-order valence-corrected chi connectivity index (χ2v) is 16.0. The number of aliphatic hydroxyl groups is 1. The highest BCUT2D eigenvalue weighted by Crippen LogP contribution is 2.76. The molecule has 5 aliphatic rings. The first-order valence-electron chi connectivity index (χ1n) is 15.1. The van der Waals surface area contributed by atoms with E-state index in [0.717, 1.165) is 57.8 Å². The molecular formula is C33H52O5. The van der Waals surface area contributed by atoms with Gasteiger partial charge in [0.2, 0.25) is 0 Å². The molecule has 0 aromatic rings. The number of methoxy groups -OCH3 is 1. The Balaban J connectivity index is 1.65. The first-order chi connectivity index (χ1) is 17.5. The van der Waals surface area contributed by atoms with Crippen LogP contribution in [0.4, 0.5) is 0 Å². The number of rotatable bonds is 2. The average Bonchev–Trinajstić information content (AvgIpc) is 2.80. The van der Waals surface area contributed by atoms with E-state index in [2.05, 4.69) is 54.5 Å². The van der Waals surface area contributed by atoms with E-state index in [-0.39, 0.29) is 57.0 Å². The van der Waals surface area contributed by atoms with Crippen molar-refractivity contribution in [2.75, 3.05) is 7.11 Å². The minimum Gasteiger partial charge on any atom is -0.469 e. The van der Waals surface area contributed by atoms with Crippen LogP contribution in [0.15, 0.2) is 11.6 Å². The number of allylic oxidation sites excluding steroid dienone is 2. The number of ether oxygens (including phenoxy) is 2. The lowest BCUT2D eigenvalue weighted by molar-refractivity contribution is -0.248. The zero-order valence-corrected chi connectivity index (χ0v) is 25.4. The van der Waals surface area contributed by atoms with Crippen LogP contribution in [0, 0.1) is 50.2 Å². The molecule has 4 saturated carbocycles. The van der Waals surface area contributed by atoms with Crippen LogP contribution in [0.2, 0.25) is 0 Å². The molecule has 0 radical (unpaired) electrons. The summed E-state index contributed by atoms with van der Waals surface area (Å²) in [7, 11) is 1.55. The van der Waals surface area contributed by atoms with Crippen molar-refractivity contribution in [2.45, 2.75) is 125 Å². The normalized spacial score (nSPS) is 48.8. The Labute approximate surface area is 230 Å². The molecule has 1 N–H and O–H groups in total. The molecule has 38 heavy (non-hydrogen) atoms. The molecule has 0 aromatic carbocycles. The fourth-order valence-electron chi connectivity index (χ4n) is 11.3. The molecule has 5 nitrogen and oxygen atoms in total. The summed E-state index contributed by atoms with van der Waals surface area (Å²) in [5.74, 6) is 0.469. The molecule has 214 valence electrons. The molecule has 0 bridgehead atoms. The van der Waals surface area contributed by atoms with Crippen molar-refractivity contribution < 1.29 is 24.2 Å². The molecule has 0 unspecified atom stereocenters. The van der Waals surface area contributed by atoms with Gasteiger partial charge in [0.15, 0.2) is 0 Å². The zero-order valence-electron chi connectivity index (χ0n) is 25.4. The van der Waals surface area contributed by atoms with Gasteiger partial charge in [0, 0.05) is 12.8 Å². The SMILES string of the molecule is COC(=O)[C@]12CCC(C)(C)C[C@H]1C1=CC[C@@H]3[C@@]4(C)CC[C@H](O)C(C)(C)[C@@H]4[C@H](OC(C)=O)C[C@@]3(C)[C@]1(C)CC2. The molecule has 5 rings (SSSR count). The summed E-state index contributed by atoms with van der Waals surface area (Å²) in [6.07, 6.45) is 10.2. The maximum atomic E-state index is 13.5. The Kier molecular flexibility index (Phi) is 6.36. The van der Waals surface area contributed by atoms with Crippen LogP contribution in [-0.2, 0) is 19.1 Å². The van der Waals surface area contributed by atoms with Gasteiger partial charge in [0.05, 0.1) is 18.6 Å². The number of carbonyl (C=O) groups is 2. The molecule has 0 spiro atoms. The van der Waals surface area contributed by atoms with E-state index in [1.165, 1.54) is 12.5 Å². The van der Waals surface area contributed by atoms with Crippen LogP contribution in [0.5, 0.6) is 0 Å². The summed E-state index contributed by atoms with van der Waals surface area (Å²) < 4.78 is 11.7. The molecule has 9 atom stereocenters. The van der Waals surface area contributed by atoms with Gasteiger partial charge in [0.1, 0.15) is 6.10 Å². The maximum absolute atomic E-state index is 13.5. The molecule has 5 aliphatic carbocycles. The van der Waals surface area contributed by atoms with Crippen molar-refractivity contribution in [1.29, 1.82) is 0 Å². The van der Waals surface area contributed by atoms with Crippen LogP contribution in [0.1, 0.15) is 113 Å². The van der Waals surface area contributed by atoms with Crippen molar-refractivity contribution in [3.05, 3.63) is 11.6 Å². The maximum Gasteiger partial charge on any atom is 0.312 e. The van der Waals surface area contributed by atoms with Gasteiger partial charge in [-0.15, -0.1) is 0 Å². The molecule has 4 fully saturated rings. The highest BCUT2D eigenvalue weighted by molar-refractivity contribution is 5.78. The van der Waals surface area contributed by atoms with Crippen LogP contribution in [0.25, 0.3) is 0 Å². The lowest BCUT2D eigenvalue weighted by atomic mass is 9.33. The summed E-state index contributed by atoms with van der Waals surface area (Å²) in [4.78, 5) is 25.9. The molecular weight excluding hydrogens is 476 g/mol. The standard InChI is InChI=1S/C33H52O5/c1-20(34)38-23-19-32(8)24(30(6)13-12-25(35)29(4,5)26(23)30)11-10-21-22-18-28(2,3)14-16-33(22,27(36)37-9)17-15-31(21,32)7/h10,22-26,35H,11-19H2,1-9H3/t22-,23+,24+,25-,26-,30+,31+,32+,33-/m0/s1. The summed E-state index contributed by atoms with van der Waals surface area (Å²) in [5, 5.41) is 11.1. The van der Waals surface area contributed by atoms with Gasteiger partial charge >= 0.3 is 11.9 Å². The van der Waals surface area contributed by atoms with Gasteiger partial charge in [0.25, 0.3) is 0 Å². The predicted molar refractivity (Wildman–Crippen MR) is 148 cm³/mol. The molecule has 0 aliphatic heterocycles. The third kappa shape index (κ3) is 3.58. The molecule has 0 aromatic heterocycles. The van der Waals surface area contributed by atoms with Gasteiger partial charge in [-0.1, -0.05) is 60.1 Å². The van der Waals surface area contributed by atoms with E-state index in [4.69, 9.17) is 9.47 Å². The lowest BCUT2D eigenvalue weighted by Gasteiger charge is -2.72. The van der Waals surface area contributed by atoms with Crippen molar-refractivity contribution in [3.8, 4) is 0 Å². The van der Waals surface area contributed by atoms with Crippen LogP contribution >= 0.6 is 0 Å². The Morgan fingerprint density at radius 1 is 0.947 bits per heavy atom. The Hall–Kier alpha value is -1.36. The summed E-state index contributed by atoms with van der Waals surface area (Å²) in [5.41, 5.74) is 0.684. The molecule has 0 heterocycles. The minimum absolute atomic E-state index is 0.0234. The van der Waals surface area contributed by atoms with Crippen molar-refractivity contribution in [2.24, 2.45) is 50.2 Å². The molecule has 5 heteroatoms. The van der Waals surface area contributed by atoms with Crippen molar-refractivity contribution >= 4 is 11.9 Å². The lowest BCUT2D eigenvalue weighted by Crippen LogP contribution is -2.68. The second-order valence-electron chi connectivity index (χ2n) is 16.0. The van der Waals surface area contributed by atoms with Gasteiger partial charge in [-0.25, -0.2) is 0 Å². The third-order valence-electron chi connectivity index (χ3n) is 13.4. The highest BCUT2D eigenvalue weighted by atomic mass is 16.5. The monoisotopic (exact) mass is 528 g/mol. The Bertz CT molecular complexity index is 1040. The topological polar surface area (TPSA) is 72.8 Å². The predicted octanol–water partition coefficient (Wildman–Crippen LogP) is 6.86. The number of aliphatic hydroxyl groups excluding tert-OH is 1. The fraction of sp³-hybridized carbons (Fsp3) is 0.879. The number of carbonyl (C=O) groups excluding carboxylic acids is 2. The van der Waals surface area contributed by atoms with Crippen molar-refractivity contribution in [1.82, 2.24) is 0 Å². The summed E-state index contributed by atoms with van der Waals surface area (Å²) in [6, 6.07) is 0. The van der Waals surface area contributed by atoms with Crippen LogP contribution in [0.3, 0.4) is 0 Å². The summed E-state index contributed by atoms with van der Waals surface area (Å²) in [6.45, 7) is 18.0.